The van der Waals surface area contributed by atoms with Crippen molar-refractivity contribution in [3.8, 4) is 11.5 Å². The molecule has 1 aliphatic rings. The van der Waals surface area contributed by atoms with Crippen molar-refractivity contribution in [3.63, 3.8) is 0 Å². The maximum Gasteiger partial charge on any atom is 0.273 e. The quantitative estimate of drug-likeness (QED) is 0.846. The van der Waals surface area contributed by atoms with Crippen molar-refractivity contribution in [2.45, 2.75) is 38.5 Å². The summed E-state index contributed by atoms with van der Waals surface area (Å²) in [5.74, 6) is 1.18. The molecule has 1 aliphatic heterocycles. The molecular weight excluding hydrogens is 322 g/mol. The SMILES string of the molecule is COc1ccc2c(c1)C(NC(=O)c1cn(CCN)nn1)CC(C)(C)O2. The summed E-state index contributed by atoms with van der Waals surface area (Å²) in [5.41, 5.74) is 6.25. The number of carbonyl (C=O) groups excluding carboxylic acids is 1. The molecule has 0 spiro atoms. The molecule has 1 amide bonds. The van der Waals surface area contributed by atoms with E-state index in [-0.39, 0.29) is 17.6 Å². The van der Waals surface area contributed by atoms with E-state index in [9.17, 15) is 4.79 Å². The van der Waals surface area contributed by atoms with Gasteiger partial charge in [0.1, 0.15) is 17.1 Å². The Bertz CT molecular complexity index is 771. The monoisotopic (exact) mass is 345 g/mol. The summed E-state index contributed by atoms with van der Waals surface area (Å²) < 4.78 is 12.9. The molecule has 25 heavy (non-hydrogen) atoms. The molecule has 1 unspecified atom stereocenters. The van der Waals surface area contributed by atoms with Crippen molar-refractivity contribution in [3.05, 3.63) is 35.7 Å². The van der Waals surface area contributed by atoms with Gasteiger partial charge in [0.15, 0.2) is 5.69 Å². The standard InChI is InChI=1S/C17H23N5O3/c1-17(2)9-13(12-8-11(24-3)4-5-15(12)25-17)19-16(23)14-10-22(7-6-18)21-20-14/h4-5,8,10,13H,6-7,9,18H2,1-3H3,(H,19,23). The van der Waals surface area contributed by atoms with Crippen LogP contribution in [0.25, 0.3) is 0 Å². The topological polar surface area (TPSA) is 104 Å². The average molecular weight is 345 g/mol. The molecule has 3 rings (SSSR count). The van der Waals surface area contributed by atoms with Crippen molar-refractivity contribution in [2.24, 2.45) is 5.73 Å². The van der Waals surface area contributed by atoms with Gasteiger partial charge in [-0.2, -0.15) is 0 Å². The lowest BCUT2D eigenvalue weighted by molar-refractivity contribution is 0.0616. The summed E-state index contributed by atoms with van der Waals surface area (Å²) in [6.07, 6.45) is 2.23. The van der Waals surface area contributed by atoms with Gasteiger partial charge >= 0.3 is 0 Å². The number of amides is 1. The molecule has 0 aliphatic carbocycles. The van der Waals surface area contributed by atoms with E-state index in [4.69, 9.17) is 15.2 Å². The Kier molecular flexibility index (Phi) is 4.63. The Balaban J connectivity index is 1.84. The number of aromatic nitrogens is 3. The summed E-state index contributed by atoms with van der Waals surface area (Å²) in [4.78, 5) is 12.6. The molecule has 1 atom stereocenters. The highest BCUT2D eigenvalue weighted by Crippen LogP contribution is 2.41. The highest BCUT2D eigenvalue weighted by atomic mass is 16.5. The first-order chi connectivity index (χ1) is 11.9. The fraction of sp³-hybridized carbons (Fsp3) is 0.471. The minimum atomic E-state index is -0.392. The molecular formula is C17H23N5O3. The van der Waals surface area contributed by atoms with Gasteiger partial charge in [-0.15, -0.1) is 5.10 Å². The van der Waals surface area contributed by atoms with Crippen LogP contribution >= 0.6 is 0 Å². The first kappa shape index (κ1) is 17.2. The molecule has 2 aromatic rings. The van der Waals surface area contributed by atoms with Crippen LogP contribution in [0.3, 0.4) is 0 Å². The van der Waals surface area contributed by atoms with Crippen molar-refractivity contribution in [1.29, 1.82) is 0 Å². The third kappa shape index (κ3) is 3.74. The summed E-state index contributed by atoms with van der Waals surface area (Å²) in [6, 6.07) is 5.39. The van der Waals surface area contributed by atoms with Crippen LogP contribution in [0.2, 0.25) is 0 Å². The summed E-state index contributed by atoms with van der Waals surface area (Å²) in [6.45, 7) is 4.95. The van der Waals surface area contributed by atoms with E-state index in [0.717, 1.165) is 17.1 Å². The van der Waals surface area contributed by atoms with Crippen molar-refractivity contribution < 1.29 is 14.3 Å². The van der Waals surface area contributed by atoms with Crippen molar-refractivity contribution in [2.75, 3.05) is 13.7 Å². The number of carbonyl (C=O) groups is 1. The first-order valence-corrected chi connectivity index (χ1v) is 8.20. The van der Waals surface area contributed by atoms with Gasteiger partial charge in [0.25, 0.3) is 5.91 Å². The smallest absolute Gasteiger partial charge is 0.273 e. The average Bonchev–Trinajstić information content (AvgIpc) is 3.03. The largest absolute Gasteiger partial charge is 0.497 e. The fourth-order valence-electron chi connectivity index (χ4n) is 2.96. The van der Waals surface area contributed by atoms with E-state index in [2.05, 4.69) is 15.6 Å². The number of benzene rings is 1. The zero-order chi connectivity index (χ0) is 18.0. The number of hydrogen-bond donors (Lipinski definition) is 2. The number of fused-ring (bicyclic) bond motifs is 1. The van der Waals surface area contributed by atoms with Gasteiger partial charge in [0.05, 0.1) is 25.9 Å². The highest BCUT2D eigenvalue weighted by Gasteiger charge is 2.35. The predicted octanol–water partition coefficient (Wildman–Crippen LogP) is 1.28. The van der Waals surface area contributed by atoms with Crippen LogP contribution in [-0.2, 0) is 6.54 Å². The number of hydrogen-bond acceptors (Lipinski definition) is 6. The Morgan fingerprint density at radius 3 is 3.04 bits per heavy atom. The van der Waals surface area contributed by atoms with Gasteiger partial charge in [-0.25, -0.2) is 0 Å². The maximum absolute atomic E-state index is 12.6. The highest BCUT2D eigenvalue weighted by molar-refractivity contribution is 5.92. The van der Waals surface area contributed by atoms with E-state index in [1.54, 1.807) is 18.0 Å². The molecule has 0 radical (unpaired) electrons. The molecule has 8 nitrogen and oxygen atoms in total. The molecule has 1 aromatic heterocycles. The van der Waals surface area contributed by atoms with Crippen molar-refractivity contribution >= 4 is 5.91 Å². The van der Waals surface area contributed by atoms with Crippen LogP contribution in [0.1, 0.15) is 42.4 Å². The van der Waals surface area contributed by atoms with Crippen LogP contribution in [0.5, 0.6) is 11.5 Å². The molecule has 3 N–H and O–H groups in total. The van der Waals surface area contributed by atoms with Gasteiger partial charge in [-0.1, -0.05) is 5.21 Å². The molecule has 8 heteroatoms. The lowest BCUT2D eigenvalue weighted by atomic mass is 9.89. The minimum absolute atomic E-state index is 0.207. The third-order valence-corrected chi connectivity index (χ3v) is 4.11. The molecule has 2 heterocycles. The molecule has 1 aromatic carbocycles. The third-order valence-electron chi connectivity index (χ3n) is 4.11. The Hall–Kier alpha value is -2.61. The Morgan fingerprint density at radius 2 is 2.32 bits per heavy atom. The van der Waals surface area contributed by atoms with Crippen LogP contribution in [0.15, 0.2) is 24.4 Å². The first-order valence-electron chi connectivity index (χ1n) is 8.20. The molecule has 0 saturated carbocycles. The predicted molar refractivity (Wildman–Crippen MR) is 91.6 cm³/mol. The van der Waals surface area contributed by atoms with E-state index >= 15 is 0 Å². The molecule has 0 bridgehead atoms. The van der Waals surface area contributed by atoms with Gasteiger partial charge in [0, 0.05) is 18.5 Å². The lowest BCUT2D eigenvalue weighted by Crippen LogP contribution is -2.41. The summed E-state index contributed by atoms with van der Waals surface area (Å²) >= 11 is 0. The second-order valence-corrected chi connectivity index (χ2v) is 6.65. The van der Waals surface area contributed by atoms with E-state index in [1.807, 2.05) is 32.0 Å². The fourth-order valence-corrected chi connectivity index (χ4v) is 2.96. The van der Waals surface area contributed by atoms with E-state index in [0.29, 0.717) is 19.5 Å². The maximum atomic E-state index is 12.6. The zero-order valence-electron chi connectivity index (χ0n) is 14.7. The second kappa shape index (κ2) is 6.72. The van der Waals surface area contributed by atoms with Gasteiger partial charge in [0.2, 0.25) is 0 Å². The summed E-state index contributed by atoms with van der Waals surface area (Å²) in [5, 5.41) is 10.8. The van der Waals surface area contributed by atoms with E-state index in [1.165, 1.54) is 0 Å². The normalized spacial score (nSPS) is 18.2. The second-order valence-electron chi connectivity index (χ2n) is 6.65. The van der Waals surface area contributed by atoms with Gasteiger partial charge in [-0.05, 0) is 32.0 Å². The number of nitrogens with one attached hydrogen (secondary N) is 1. The lowest BCUT2D eigenvalue weighted by Gasteiger charge is -2.37. The number of nitrogens with zero attached hydrogens (tertiary/aromatic N) is 3. The zero-order valence-corrected chi connectivity index (χ0v) is 14.7. The minimum Gasteiger partial charge on any atom is -0.497 e. The Labute approximate surface area is 146 Å². The van der Waals surface area contributed by atoms with Crippen LogP contribution < -0.4 is 20.5 Å². The molecule has 0 saturated heterocycles. The number of rotatable bonds is 5. The van der Waals surface area contributed by atoms with Crippen LogP contribution in [-0.4, -0.2) is 40.2 Å². The number of ether oxygens (including phenoxy) is 2. The van der Waals surface area contributed by atoms with Crippen LogP contribution in [0.4, 0.5) is 0 Å². The van der Waals surface area contributed by atoms with Gasteiger partial charge in [-0.3, -0.25) is 9.48 Å². The molecule has 134 valence electrons. The van der Waals surface area contributed by atoms with Gasteiger partial charge < -0.3 is 20.5 Å². The number of methoxy groups -OCH3 is 1. The Morgan fingerprint density at radius 1 is 1.52 bits per heavy atom. The van der Waals surface area contributed by atoms with Crippen molar-refractivity contribution in [1.82, 2.24) is 20.3 Å². The summed E-state index contributed by atoms with van der Waals surface area (Å²) in [7, 11) is 1.61. The number of nitrogens with two attached hydrogens (primary N) is 1. The van der Waals surface area contributed by atoms with Crippen LogP contribution in [0, 0.1) is 0 Å². The van der Waals surface area contributed by atoms with E-state index < -0.39 is 5.60 Å². The molecule has 0 fully saturated rings.